The Bertz CT molecular complexity index is 1090. The Morgan fingerprint density at radius 2 is 1.82 bits per heavy atom. The zero-order valence-corrected chi connectivity index (χ0v) is 18.1. The zero-order chi connectivity index (χ0) is 19.5. The Hall–Kier alpha value is -1.86. The maximum Gasteiger partial charge on any atom is 0.191 e. The van der Waals surface area contributed by atoms with Crippen molar-refractivity contribution in [1.29, 1.82) is 0 Å². The minimum Gasteiger partial charge on any atom is -0.302 e. The fraction of sp³-hybridized carbons (Fsp3) is 0.150. The first-order valence-electron chi connectivity index (χ1n) is 8.67. The van der Waals surface area contributed by atoms with Crippen molar-refractivity contribution in [2.45, 2.75) is 24.4 Å². The lowest BCUT2D eigenvalue weighted by Crippen LogP contribution is -2.00. The lowest BCUT2D eigenvalue weighted by molar-refractivity contribution is 0.687. The second kappa shape index (κ2) is 8.66. The molecule has 0 radical (unpaired) electrons. The molecular weight excluding hydrogens is 431 g/mol. The largest absolute Gasteiger partial charge is 0.302 e. The molecule has 4 nitrogen and oxygen atoms in total. The smallest absolute Gasteiger partial charge is 0.191 e. The fourth-order valence-electron chi connectivity index (χ4n) is 2.75. The second-order valence-electron chi connectivity index (χ2n) is 5.98. The van der Waals surface area contributed by atoms with Crippen molar-refractivity contribution in [2.24, 2.45) is 0 Å². The Kier molecular flexibility index (Phi) is 6.01. The van der Waals surface area contributed by atoms with Crippen LogP contribution < -0.4 is 0 Å². The predicted octanol–water partition coefficient (Wildman–Crippen LogP) is 6.69. The summed E-state index contributed by atoms with van der Waals surface area (Å²) in [5, 5.41) is 13.8. The van der Waals surface area contributed by atoms with Crippen LogP contribution in [0.2, 0.25) is 10.0 Å². The van der Waals surface area contributed by atoms with Crippen molar-refractivity contribution in [3.05, 3.63) is 69.7 Å². The number of thiazole rings is 1. The Labute approximate surface area is 181 Å². The number of hydrogen-bond donors (Lipinski definition) is 0. The molecule has 0 aliphatic rings. The monoisotopic (exact) mass is 446 g/mol. The normalized spacial score (nSPS) is 11.1. The van der Waals surface area contributed by atoms with Gasteiger partial charge in [-0.2, -0.15) is 0 Å². The van der Waals surface area contributed by atoms with E-state index in [4.69, 9.17) is 28.2 Å². The van der Waals surface area contributed by atoms with Crippen molar-refractivity contribution in [3.63, 3.8) is 0 Å². The molecule has 0 saturated carbocycles. The highest BCUT2D eigenvalue weighted by atomic mass is 35.5. The maximum atomic E-state index is 6.16. The predicted molar refractivity (Wildman–Crippen MR) is 118 cm³/mol. The average Bonchev–Trinajstić information content (AvgIpc) is 3.36. The van der Waals surface area contributed by atoms with Gasteiger partial charge in [0.1, 0.15) is 5.01 Å². The maximum absolute atomic E-state index is 6.16. The zero-order valence-electron chi connectivity index (χ0n) is 15.0. The lowest BCUT2D eigenvalue weighted by Gasteiger charge is -2.07. The van der Waals surface area contributed by atoms with Crippen LogP contribution in [0.25, 0.3) is 22.0 Å². The third-order valence-electron chi connectivity index (χ3n) is 4.13. The summed E-state index contributed by atoms with van der Waals surface area (Å²) in [6, 6.07) is 15.7. The summed E-state index contributed by atoms with van der Waals surface area (Å²) in [6.45, 7) is 2.84. The highest BCUT2D eigenvalue weighted by molar-refractivity contribution is 7.98. The van der Waals surface area contributed by atoms with Gasteiger partial charge in [-0.05, 0) is 25.1 Å². The van der Waals surface area contributed by atoms with E-state index in [1.54, 1.807) is 29.2 Å². The standard InChI is InChI=1S/C20H16Cl2N4S2/c1-2-26-18(14-8-9-16(21)17(22)10-14)24-25-20(26)28-12-15-11-27-19(23-15)13-6-4-3-5-7-13/h3-11H,2,12H2,1H3. The number of aromatic nitrogens is 4. The van der Waals surface area contributed by atoms with Crippen molar-refractivity contribution in [3.8, 4) is 22.0 Å². The molecule has 142 valence electrons. The van der Waals surface area contributed by atoms with Gasteiger partial charge < -0.3 is 4.57 Å². The average molecular weight is 447 g/mol. The summed E-state index contributed by atoms with van der Waals surface area (Å²) in [5.74, 6) is 1.52. The van der Waals surface area contributed by atoms with E-state index in [2.05, 4.69) is 39.2 Å². The number of benzene rings is 2. The molecular formula is C20H16Cl2N4S2. The summed E-state index contributed by atoms with van der Waals surface area (Å²) in [5.41, 5.74) is 3.08. The molecule has 0 saturated heterocycles. The van der Waals surface area contributed by atoms with Crippen molar-refractivity contribution in [1.82, 2.24) is 19.7 Å². The van der Waals surface area contributed by atoms with E-state index >= 15 is 0 Å². The van der Waals surface area contributed by atoms with Gasteiger partial charge in [-0.25, -0.2) is 4.98 Å². The molecule has 8 heteroatoms. The third kappa shape index (κ3) is 4.10. The molecule has 0 bridgehead atoms. The van der Waals surface area contributed by atoms with Gasteiger partial charge in [0.2, 0.25) is 0 Å². The molecule has 0 amide bonds. The first-order chi connectivity index (χ1) is 13.7. The lowest BCUT2D eigenvalue weighted by atomic mass is 10.2. The molecule has 0 fully saturated rings. The molecule has 0 aliphatic carbocycles. The highest BCUT2D eigenvalue weighted by Crippen LogP contribution is 2.31. The van der Waals surface area contributed by atoms with Gasteiger partial charge in [-0.3, -0.25) is 0 Å². The number of halogens is 2. The molecule has 28 heavy (non-hydrogen) atoms. The van der Waals surface area contributed by atoms with E-state index in [0.717, 1.165) is 45.1 Å². The molecule has 0 spiro atoms. The van der Waals surface area contributed by atoms with Gasteiger partial charge in [-0.1, -0.05) is 65.3 Å². The van der Waals surface area contributed by atoms with E-state index in [0.29, 0.717) is 10.0 Å². The van der Waals surface area contributed by atoms with Crippen molar-refractivity contribution in [2.75, 3.05) is 0 Å². The van der Waals surface area contributed by atoms with Crippen LogP contribution in [0.1, 0.15) is 12.6 Å². The van der Waals surface area contributed by atoms with Crippen LogP contribution in [0.3, 0.4) is 0 Å². The van der Waals surface area contributed by atoms with E-state index in [9.17, 15) is 0 Å². The van der Waals surface area contributed by atoms with Gasteiger partial charge in [0.05, 0.1) is 15.7 Å². The van der Waals surface area contributed by atoms with Crippen LogP contribution in [0.15, 0.2) is 59.1 Å². The highest BCUT2D eigenvalue weighted by Gasteiger charge is 2.15. The molecule has 0 unspecified atom stereocenters. The molecule has 4 aromatic rings. The first kappa shape index (κ1) is 19.5. The quantitative estimate of drug-likeness (QED) is 0.309. The molecule has 2 aromatic heterocycles. The van der Waals surface area contributed by atoms with Crippen LogP contribution in [-0.4, -0.2) is 19.7 Å². The number of hydrogen-bond acceptors (Lipinski definition) is 5. The van der Waals surface area contributed by atoms with E-state index in [1.165, 1.54) is 0 Å². The molecule has 0 atom stereocenters. The van der Waals surface area contributed by atoms with Gasteiger partial charge in [0.25, 0.3) is 0 Å². The van der Waals surface area contributed by atoms with E-state index < -0.39 is 0 Å². The topological polar surface area (TPSA) is 43.6 Å². The fourth-order valence-corrected chi connectivity index (χ4v) is 4.88. The second-order valence-corrected chi connectivity index (χ2v) is 8.59. The molecule has 2 aromatic carbocycles. The van der Waals surface area contributed by atoms with Crippen LogP contribution in [-0.2, 0) is 12.3 Å². The molecule has 2 heterocycles. The summed E-state index contributed by atoms with van der Waals surface area (Å²) in [4.78, 5) is 4.75. The van der Waals surface area contributed by atoms with E-state index in [1.807, 2.05) is 30.3 Å². The SMILES string of the molecule is CCn1c(SCc2csc(-c3ccccc3)n2)nnc1-c1ccc(Cl)c(Cl)c1. The number of rotatable bonds is 6. The molecule has 0 N–H and O–H groups in total. The van der Waals surface area contributed by atoms with Crippen molar-refractivity contribution >= 4 is 46.3 Å². The minimum absolute atomic E-state index is 0.509. The Morgan fingerprint density at radius 1 is 1.00 bits per heavy atom. The molecule has 0 aliphatic heterocycles. The van der Waals surface area contributed by atoms with Crippen LogP contribution in [0, 0.1) is 0 Å². The van der Waals surface area contributed by atoms with Gasteiger partial charge >= 0.3 is 0 Å². The van der Waals surface area contributed by atoms with E-state index in [-0.39, 0.29) is 0 Å². The van der Waals surface area contributed by atoms with Crippen LogP contribution in [0.4, 0.5) is 0 Å². The first-order valence-corrected chi connectivity index (χ1v) is 11.3. The minimum atomic E-state index is 0.509. The summed E-state index contributed by atoms with van der Waals surface area (Å²) >= 11 is 15.5. The third-order valence-corrected chi connectivity index (χ3v) is 6.81. The van der Waals surface area contributed by atoms with Gasteiger partial charge in [0.15, 0.2) is 11.0 Å². The Morgan fingerprint density at radius 3 is 2.57 bits per heavy atom. The number of nitrogens with zero attached hydrogens (tertiary/aromatic N) is 4. The summed E-state index contributed by atoms with van der Waals surface area (Å²) in [6.07, 6.45) is 0. The van der Waals surface area contributed by atoms with Crippen LogP contribution in [0.5, 0.6) is 0 Å². The van der Waals surface area contributed by atoms with Gasteiger partial charge in [0, 0.05) is 28.8 Å². The summed E-state index contributed by atoms with van der Waals surface area (Å²) < 4.78 is 2.08. The van der Waals surface area contributed by atoms with Gasteiger partial charge in [-0.15, -0.1) is 21.5 Å². The summed E-state index contributed by atoms with van der Waals surface area (Å²) in [7, 11) is 0. The number of thioether (sulfide) groups is 1. The van der Waals surface area contributed by atoms with Crippen molar-refractivity contribution < 1.29 is 0 Å². The Balaban J connectivity index is 1.52. The van der Waals surface area contributed by atoms with Crippen LogP contribution >= 0.6 is 46.3 Å². The molecule has 4 rings (SSSR count).